The third kappa shape index (κ3) is 4.71. The van der Waals surface area contributed by atoms with Gasteiger partial charge in [0, 0.05) is 37.8 Å². The molecule has 0 aliphatic carbocycles. The largest absolute Gasteiger partial charge is 0.379 e. The molecule has 1 aliphatic heterocycles. The molecule has 0 atom stereocenters. The molecule has 6 nitrogen and oxygen atoms in total. The maximum absolute atomic E-state index is 11.0. The first kappa shape index (κ1) is 19.7. The molecular weight excluding hydrogens is 364 g/mol. The van der Waals surface area contributed by atoms with E-state index in [2.05, 4.69) is 53.0 Å². The first-order chi connectivity index (χ1) is 14.0. The van der Waals surface area contributed by atoms with Crippen LogP contribution in [0.5, 0.6) is 0 Å². The molecule has 29 heavy (non-hydrogen) atoms. The van der Waals surface area contributed by atoms with Crippen molar-refractivity contribution in [3.8, 4) is 11.3 Å². The van der Waals surface area contributed by atoms with Crippen LogP contribution in [0.4, 0.5) is 0 Å². The van der Waals surface area contributed by atoms with Crippen molar-refractivity contribution in [3.63, 3.8) is 0 Å². The van der Waals surface area contributed by atoms with Crippen LogP contribution in [0, 0.1) is 5.41 Å². The summed E-state index contributed by atoms with van der Waals surface area (Å²) in [5, 5.41) is 0. The van der Waals surface area contributed by atoms with Crippen LogP contribution >= 0.6 is 0 Å². The van der Waals surface area contributed by atoms with E-state index in [1.165, 1.54) is 5.56 Å². The number of carbonyl (C=O) groups excluding carboxylic acids is 1. The predicted octanol–water partition coefficient (Wildman–Crippen LogP) is 3.61. The first-order valence-electron chi connectivity index (χ1n) is 10.2. The van der Waals surface area contributed by atoms with E-state index in [0.717, 1.165) is 73.5 Å². The molecule has 152 valence electrons. The molecule has 0 spiro atoms. The number of fused-ring (bicyclic) bond motifs is 1. The van der Waals surface area contributed by atoms with Crippen molar-refractivity contribution in [3.05, 3.63) is 47.8 Å². The first-order valence-corrected chi connectivity index (χ1v) is 10.2. The Kier molecular flexibility index (Phi) is 5.74. The van der Waals surface area contributed by atoms with Crippen LogP contribution in [0.3, 0.4) is 0 Å². The number of morpholine rings is 1. The number of nitrogens with zero attached hydrogens (tertiary/aromatic N) is 3. The summed E-state index contributed by atoms with van der Waals surface area (Å²) in [4.78, 5) is 26.1. The number of ether oxygens (including phenoxy) is 1. The molecule has 0 bridgehead atoms. The number of hydrogen-bond acceptors (Lipinski definition) is 5. The number of hydrogen-bond donors (Lipinski definition) is 1. The number of aromatic amines is 1. The standard InChI is InChI=1S/C23H28N4O2/c1-23(2,6-9-28)13-19-14-24-22-21(19)26-20(15-25-22)18-5-3-4-17(12-18)16-27-7-10-29-11-8-27/h3-5,9,12,14-15H,6-8,10-11,13,16H2,1-2H3,(H,24,25). The Balaban J connectivity index is 1.60. The van der Waals surface area contributed by atoms with Crippen molar-refractivity contribution >= 4 is 17.5 Å². The van der Waals surface area contributed by atoms with Gasteiger partial charge in [-0.2, -0.15) is 0 Å². The maximum atomic E-state index is 11.0. The van der Waals surface area contributed by atoms with Crippen molar-refractivity contribution in [1.82, 2.24) is 19.9 Å². The highest BCUT2D eigenvalue weighted by atomic mass is 16.5. The molecule has 1 aromatic carbocycles. The number of aldehydes is 1. The highest BCUT2D eigenvalue weighted by molar-refractivity contribution is 5.78. The number of aromatic nitrogens is 3. The summed E-state index contributed by atoms with van der Waals surface area (Å²) in [5.41, 5.74) is 5.89. The van der Waals surface area contributed by atoms with Gasteiger partial charge in [-0.15, -0.1) is 0 Å². The Morgan fingerprint density at radius 1 is 1.28 bits per heavy atom. The van der Waals surface area contributed by atoms with Gasteiger partial charge in [-0.3, -0.25) is 4.90 Å². The van der Waals surface area contributed by atoms with Gasteiger partial charge in [0.2, 0.25) is 0 Å². The zero-order valence-electron chi connectivity index (χ0n) is 17.1. The summed E-state index contributed by atoms with van der Waals surface area (Å²) in [6, 6.07) is 8.53. The van der Waals surface area contributed by atoms with Crippen molar-refractivity contribution in [2.45, 2.75) is 33.2 Å². The van der Waals surface area contributed by atoms with Gasteiger partial charge in [0.1, 0.15) is 11.8 Å². The van der Waals surface area contributed by atoms with Gasteiger partial charge in [0.05, 0.1) is 25.1 Å². The Hall–Kier alpha value is -2.57. The summed E-state index contributed by atoms with van der Waals surface area (Å²) < 4.78 is 5.44. The zero-order chi connectivity index (χ0) is 20.3. The quantitative estimate of drug-likeness (QED) is 0.622. The van der Waals surface area contributed by atoms with E-state index in [9.17, 15) is 4.79 Å². The lowest BCUT2D eigenvalue weighted by molar-refractivity contribution is -0.109. The number of benzene rings is 1. The number of nitrogens with one attached hydrogen (secondary N) is 1. The molecule has 3 aromatic rings. The Bertz CT molecular complexity index is 989. The lowest BCUT2D eigenvalue weighted by Crippen LogP contribution is -2.35. The third-order valence-electron chi connectivity index (χ3n) is 5.50. The van der Waals surface area contributed by atoms with E-state index >= 15 is 0 Å². The van der Waals surface area contributed by atoms with Crippen LogP contribution < -0.4 is 0 Å². The van der Waals surface area contributed by atoms with Crippen LogP contribution in [0.15, 0.2) is 36.7 Å². The summed E-state index contributed by atoms with van der Waals surface area (Å²) in [6.07, 6.45) is 6.09. The minimum absolute atomic E-state index is 0.105. The molecule has 1 N–H and O–H groups in total. The molecule has 1 saturated heterocycles. The fourth-order valence-corrected chi connectivity index (χ4v) is 3.88. The second-order valence-corrected chi connectivity index (χ2v) is 8.57. The smallest absolute Gasteiger partial charge is 0.156 e. The molecule has 6 heteroatoms. The van der Waals surface area contributed by atoms with Gasteiger partial charge in [-0.25, -0.2) is 9.97 Å². The summed E-state index contributed by atoms with van der Waals surface area (Å²) in [7, 11) is 0. The topological polar surface area (TPSA) is 71.1 Å². The Morgan fingerprint density at radius 2 is 2.10 bits per heavy atom. The third-order valence-corrected chi connectivity index (χ3v) is 5.50. The van der Waals surface area contributed by atoms with Gasteiger partial charge in [0.25, 0.3) is 0 Å². The van der Waals surface area contributed by atoms with Crippen molar-refractivity contribution in [2.24, 2.45) is 5.41 Å². The van der Waals surface area contributed by atoms with Crippen LogP contribution in [-0.2, 0) is 22.5 Å². The average Bonchev–Trinajstić information content (AvgIpc) is 3.10. The molecule has 0 amide bonds. The van der Waals surface area contributed by atoms with Crippen LogP contribution in [0.1, 0.15) is 31.4 Å². The van der Waals surface area contributed by atoms with Crippen molar-refractivity contribution in [1.29, 1.82) is 0 Å². The van der Waals surface area contributed by atoms with E-state index in [0.29, 0.717) is 6.42 Å². The number of H-pyrrole nitrogens is 1. The van der Waals surface area contributed by atoms with E-state index in [-0.39, 0.29) is 5.41 Å². The molecule has 0 unspecified atom stereocenters. The Morgan fingerprint density at radius 3 is 2.90 bits per heavy atom. The summed E-state index contributed by atoms with van der Waals surface area (Å²) in [6.45, 7) is 8.68. The molecule has 1 fully saturated rings. The Labute approximate surface area is 171 Å². The summed E-state index contributed by atoms with van der Waals surface area (Å²) >= 11 is 0. The molecule has 0 saturated carbocycles. The fraction of sp³-hybridized carbons (Fsp3) is 0.435. The van der Waals surface area contributed by atoms with E-state index in [4.69, 9.17) is 9.72 Å². The SMILES string of the molecule is CC(C)(CC=O)Cc1c[nH]c2ncc(-c3cccc(CN4CCOCC4)c3)nc12. The molecular formula is C23H28N4O2. The zero-order valence-corrected chi connectivity index (χ0v) is 17.1. The lowest BCUT2D eigenvalue weighted by Gasteiger charge is -2.26. The highest BCUT2D eigenvalue weighted by Crippen LogP contribution is 2.29. The second-order valence-electron chi connectivity index (χ2n) is 8.57. The van der Waals surface area contributed by atoms with Gasteiger partial charge in [0.15, 0.2) is 5.65 Å². The van der Waals surface area contributed by atoms with Crippen LogP contribution in [0.2, 0.25) is 0 Å². The molecule has 2 aromatic heterocycles. The minimum atomic E-state index is -0.105. The number of rotatable bonds is 7. The van der Waals surface area contributed by atoms with Gasteiger partial charge in [-0.1, -0.05) is 32.0 Å². The van der Waals surface area contributed by atoms with Gasteiger partial charge < -0.3 is 14.5 Å². The lowest BCUT2D eigenvalue weighted by atomic mass is 9.84. The molecule has 4 rings (SSSR count). The van der Waals surface area contributed by atoms with E-state index < -0.39 is 0 Å². The molecule has 0 radical (unpaired) electrons. The van der Waals surface area contributed by atoms with Crippen molar-refractivity contribution < 1.29 is 9.53 Å². The minimum Gasteiger partial charge on any atom is -0.379 e. The van der Waals surface area contributed by atoms with Crippen molar-refractivity contribution in [2.75, 3.05) is 26.3 Å². The van der Waals surface area contributed by atoms with Gasteiger partial charge in [-0.05, 0) is 29.0 Å². The maximum Gasteiger partial charge on any atom is 0.156 e. The van der Waals surface area contributed by atoms with Crippen LogP contribution in [0.25, 0.3) is 22.4 Å². The van der Waals surface area contributed by atoms with Gasteiger partial charge >= 0.3 is 0 Å². The van der Waals surface area contributed by atoms with Crippen LogP contribution in [-0.4, -0.2) is 52.4 Å². The number of carbonyl (C=O) groups is 1. The monoisotopic (exact) mass is 392 g/mol. The van der Waals surface area contributed by atoms with E-state index in [1.54, 1.807) is 0 Å². The molecule has 1 aliphatic rings. The normalized spacial score (nSPS) is 15.7. The molecule has 3 heterocycles. The average molecular weight is 393 g/mol. The highest BCUT2D eigenvalue weighted by Gasteiger charge is 2.21. The second kappa shape index (κ2) is 8.43. The predicted molar refractivity (Wildman–Crippen MR) is 114 cm³/mol. The summed E-state index contributed by atoms with van der Waals surface area (Å²) in [5.74, 6) is 0. The fourth-order valence-electron chi connectivity index (χ4n) is 3.88. The van der Waals surface area contributed by atoms with E-state index in [1.807, 2.05) is 12.4 Å².